The third kappa shape index (κ3) is 5.10. The van der Waals surface area contributed by atoms with Crippen molar-refractivity contribution < 1.29 is 22.5 Å². The van der Waals surface area contributed by atoms with E-state index in [4.69, 9.17) is 4.74 Å². The van der Waals surface area contributed by atoms with Gasteiger partial charge in [0, 0.05) is 25.4 Å². The van der Waals surface area contributed by atoms with E-state index >= 15 is 0 Å². The molecule has 4 aromatic rings. The smallest absolute Gasteiger partial charge is 0.374 e. The molecule has 6 heterocycles. The van der Waals surface area contributed by atoms with E-state index in [0.717, 1.165) is 57.0 Å². The van der Waals surface area contributed by atoms with E-state index in [-0.39, 0.29) is 35.1 Å². The van der Waals surface area contributed by atoms with Crippen LogP contribution in [0.1, 0.15) is 49.3 Å². The fourth-order valence-corrected chi connectivity index (χ4v) is 6.74. The molecule has 0 bridgehead atoms. The van der Waals surface area contributed by atoms with Crippen molar-refractivity contribution in [1.29, 1.82) is 0 Å². The van der Waals surface area contributed by atoms with E-state index in [1.54, 1.807) is 17.8 Å². The second-order valence-corrected chi connectivity index (χ2v) is 14.3. The minimum atomic E-state index is -4.71. The highest BCUT2D eigenvalue weighted by atomic mass is 31.2. The molecule has 14 heteroatoms. The SMILES string of the molecule is CN1CCC[C@H](Nc2ncc(C(F)(F)F)c(-c3n[nH]c4nn5c(P(C)(C)=O)cc(C6CCCCO6)cc5c34)n2)C1. The maximum Gasteiger partial charge on any atom is 0.420 e. The summed E-state index contributed by atoms with van der Waals surface area (Å²) in [4.78, 5) is 10.5. The van der Waals surface area contributed by atoms with E-state index < -0.39 is 18.9 Å². The van der Waals surface area contributed by atoms with Gasteiger partial charge < -0.3 is 19.5 Å². The van der Waals surface area contributed by atoms with Crippen LogP contribution in [0.5, 0.6) is 0 Å². The average Bonchev–Trinajstić information content (AvgIpc) is 3.47. The molecule has 6 rings (SSSR count). The van der Waals surface area contributed by atoms with E-state index in [1.807, 2.05) is 19.2 Å². The van der Waals surface area contributed by atoms with Gasteiger partial charge in [-0.25, -0.2) is 14.5 Å². The second kappa shape index (κ2) is 10.1. The number of hydrogen-bond acceptors (Lipinski definition) is 8. The number of nitrogens with zero attached hydrogens (tertiary/aromatic N) is 6. The van der Waals surface area contributed by atoms with Gasteiger partial charge in [0.05, 0.1) is 17.0 Å². The molecule has 40 heavy (non-hydrogen) atoms. The zero-order chi connectivity index (χ0) is 28.2. The van der Waals surface area contributed by atoms with Gasteiger partial charge in [-0.1, -0.05) is 0 Å². The molecule has 2 atom stereocenters. The number of nitrogens with one attached hydrogen (secondary N) is 2. The van der Waals surface area contributed by atoms with Gasteiger partial charge in [0.15, 0.2) is 5.65 Å². The number of piperidine rings is 1. The Balaban J connectivity index is 1.53. The first-order chi connectivity index (χ1) is 19.0. The molecule has 0 amide bonds. The van der Waals surface area contributed by atoms with E-state index in [9.17, 15) is 17.7 Å². The molecule has 2 aliphatic heterocycles. The lowest BCUT2D eigenvalue weighted by atomic mass is 10.0. The van der Waals surface area contributed by atoms with Gasteiger partial charge in [0.1, 0.15) is 29.5 Å². The number of halogens is 3. The summed E-state index contributed by atoms with van der Waals surface area (Å²) in [6.07, 6.45) is 0.512. The van der Waals surface area contributed by atoms with Gasteiger partial charge in [-0.05, 0) is 76.7 Å². The number of aromatic amines is 1. The third-order valence-corrected chi connectivity index (χ3v) is 9.05. The van der Waals surface area contributed by atoms with Crippen LogP contribution in [0, 0.1) is 0 Å². The average molecular weight is 577 g/mol. The predicted molar refractivity (Wildman–Crippen MR) is 147 cm³/mol. The molecule has 0 radical (unpaired) electrons. The lowest BCUT2D eigenvalue weighted by molar-refractivity contribution is -0.137. The Kier molecular flexibility index (Phi) is 6.87. The van der Waals surface area contributed by atoms with Crippen molar-refractivity contribution in [3.63, 3.8) is 0 Å². The van der Waals surface area contributed by atoms with Gasteiger partial charge in [-0.2, -0.15) is 18.3 Å². The molecule has 0 spiro atoms. The Hall–Kier alpha value is -3.02. The zero-order valence-corrected chi connectivity index (χ0v) is 23.5. The molecular weight excluding hydrogens is 544 g/mol. The summed E-state index contributed by atoms with van der Waals surface area (Å²) in [5.74, 6) is 0.111. The summed E-state index contributed by atoms with van der Waals surface area (Å²) >= 11 is 0. The number of H-pyrrole nitrogens is 1. The fourth-order valence-electron chi connectivity index (χ4n) is 5.68. The molecule has 2 N–H and O–H groups in total. The van der Waals surface area contributed by atoms with Crippen molar-refractivity contribution >= 4 is 35.1 Å². The molecule has 0 aliphatic carbocycles. The number of pyridine rings is 1. The maximum absolute atomic E-state index is 14.2. The highest BCUT2D eigenvalue weighted by Gasteiger charge is 2.37. The van der Waals surface area contributed by atoms with Crippen LogP contribution >= 0.6 is 7.14 Å². The number of alkyl halides is 3. The number of anilines is 1. The van der Waals surface area contributed by atoms with Gasteiger partial charge in [0.25, 0.3) is 0 Å². The molecule has 2 aliphatic rings. The number of hydrogen-bond donors (Lipinski definition) is 2. The zero-order valence-electron chi connectivity index (χ0n) is 22.6. The predicted octanol–water partition coefficient (Wildman–Crippen LogP) is 4.68. The highest BCUT2D eigenvalue weighted by molar-refractivity contribution is 7.69. The van der Waals surface area contributed by atoms with Crippen molar-refractivity contribution in [3.05, 3.63) is 29.5 Å². The molecule has 10 nitrogen and oxygen atoms in total. The maximum atomic E-state index is 14.2. The Bertz CT molecular complexity index is 1610. The number of rotatable bonds is 5. The quantitative estimate of drug-likeness (QED) is 0.330. The first kappa shape index (κ1) is 27.2. The largest absolute Gasteiger partial charge is 0.420 e. The summed E-state index contributed by atoms with van der Waals surface area (Å²) in [5.41, 5.74) is 0.775. The van der Waals surface area contributed by atoms with Gasteiger partial charge in [0.2, 0.25) is 5.95 Å². The minimum Gasteiger partial charge on any atom is -0.374 e. The lowest BCUT2D eigenvalue weighted by Gasteiger charge is -2.30. The molecule has 0 saturated carbocycles. The summed E-state index contributed by atoms with van der Waals surface area (Å²) in [6, 6.07) is 3.72. The minimum absolute atomic E-state index is 0.0123. The van der Waals surface area contributed by atoms with Crippen molar-refractivity contribution in [2.75, 3.05) is 45.4 Å². The molecular formula is C26H32F3N8O2P. The number of aromatic nitrogens is 6. The number of ether oxygens (including phenoxy) is 1. The summed E-state index contributed by atoms with van der Waals surface area (Å²) in [5, 5.41) is 15.2. The van der Waals surface area contributed by atoms with Crippen LogP contribution in [0.25, 0.3) is 27.9 Å². The van der Waals surface area contributed by atoms with Crippen LogP contribution in [0.4, 0.5) is 19.1 Å². The summed E-state index contributed by atoms with van der Waals surface area (Å²) in [6.45, 7) is 5.62. The van der Waals surface area contributed by atoms with Crippen LogP contribution in [0.3, 0.4) is 0 Å². The summed E-state index contributed by atoms with van der Waals surface area (Å²) < 4.78 is 63.6. The first-order valence-corrected chi connectivity index (χ1v) is 16.1. The highest BCUT2D eigenvalue weighted by Crippen LogP contribution is 2.41. The van der Waals surface area contributed by atoms with E-state index in [1.165, 1.54) is 0 Å². The number of fused-ring (bicyclic) bond motifs is 3. The molecule has 1 unspecified atom stereocenters. The van der Waals surface area contributed by atoms with Gasteiger partial charge >= 0.3 is 6.18 Å². The topological polar surface area (TPSA) is 113 Å². The van der Waals surface area contributed by atoms with Gasteiger partial charge in [-0.15, -0.1) is 5.10 Å². The van der Waals surface area contributed by atoms with E-state index in [2.05, 4.69) is 35.5 Å². The van der Waals surface area contributed by atoms with Crippen molar-refractivity contribution in [2.24, 2.45) is 0 Å². The van der Waals surface area contributed by atoms with Crippen LogP contribution < -0.4 is 10.8 Å². The van der Waals surface area contributed by atoms with Crippen LogP contribution in [-0.4, -0.2) is 80.8 Å². The molecule has 0 aromatic carbocycles. The summed E-state index contributed by atoms with van der Waals surface area (Å²) in [7, 11) is -0.834. The molecule has 4 aromatic heterocycles. The van der Waals surface area contributed by atoms with Gasteiger partial charge in [-0.3, -0.25) is 5.10 Å². The standard InChI is InChI=1S/C26H32F3N8O2P/c1-36-9-6-7-16(14-36)31-25-30-13-17(26(27,28)29)22(32-25)23-21-18-11-15(19-8-4-5-10-39-19)12-20(40(2,3)38)37(18)35-24(21)34-33-23/h11-13,16,19H,4-10,14H2,1-3H3,(H,34,35)(H,30,31,32)/t16-,19?/m0/s1. The van der Waals surface area contributed by atoms with Crippen molar-refractivity contribution in [3.8, 4) is 11.4 Å². The molecule has 2 fully saturated rings. The third-order valence-electron chi connectivity index (χ3n) is 7.63. The molecule has 2 saturated heterocycles. The van der Waals surface area contributed by atoms with Crippen molar-refractivity contribution in [2.45, 2.75) is 50.4 Å². The van der Waals surface area contributed by atoms with Crippen LogP contribution in [-0.2, 0) is 15.5 Å². The van der Waals surface area contributed by atoms with Crippen molar-refractivity contribution in [1.82, 2.24) is 34.7 Å². The Labute approximate surface area is 229 Å². The second-order valence-electron chi connectivity index (χ2n) is 11.1. The first-order valence-electron chi connectivity index (χ1n) is 13.5. The number of likely N-dealkylation sites (tertiary alicyclic amines) is 1. The Morgan fingerprint density at radius 3 is 2.67 bits per heavy atom. The monoisotopic (exact) mass is 576 g/mol. The normalized spacial score (nSPS) is 21.4. The fraction of sp³-hybridized carbons (Fsp3) is 0.538. The molecule has 214 valence electrons. The van der Waals surface area contributed by atoms with E-state index in [0.29, 0.717) is 22.9 Å². The lowest BCUT2D eigenvalue weighted by Crippen LogP contribution is -2.40. The van der Waals surface area contributed by atoms with Crippen LogP contribution in [0.15, 0.2) is 18.3 Å². The Morgan fingerprint density at radius 1 is 1.15 bits per heavy atom. The Morgan fingerprint density at radius 2 is 1.98 bits per heavy atom. The van der Waals surface area contributed by atoms with Crippen LogP contribution in [0.2, 0.25) is 0 Å². The number of likely N-dealkylation sites (N-methyl/N-ethyl adjacent to an activating group) is 1.